The lowest BCUT2D eigenvalue weighted by molar-refractivity contribution is -0.111. The van der Waals surface area contributed by atoms with Crippen molar-refractivity contribution in [2.75, 3.05) is 25.2 Å². The van der Waals surface area contributed by atoms with Crippen LogP contribution in [0.4, 0.5) is 10.2 Å². The summed E-state index contributed by atoms with van der Waals surface area (Å²) in [6.45, 7) is 0.835. The number of ketones is 1. The molecule has 2 aromatic rings. The van der Waals surface area contributed by atoms with Crippen LogP contribution in [-0.2, 0) is 9.53 Å². The molecular formula is C21H20FN3O5. The average Bonchev–Trinajstić information content (AvgIpc) is 2.75. The zero-order chi connectivity index (χ0) is 21.3. The quantitative estimate of drug-likeness (QED) is 0.562. The summed E-state index contributed by atoms with van der Waals surface area (Å²) in [6.07, 6.45) is 3.19. The zero-order valence-electron chi connectivity index (χ0n) is 16.3. The molecule has 0 bridgehead atoms. The number of pyridine rings is 1. The van der Waals surface area contributed by atoms with Crippen LogP contribution in [-0.4, -0.2) is 54.0 Å². The molecule has 3 heterocycles. The fourth-order valence-electron chi connectivity index (χ4n) is 3.92. The molecular weight excluding hydrogens is 393 g/mol. The predicted molar refractivity (Wildman–Crippen MR) is 104 cm³/mol. The van der Waals surface area contributed by atoms with Crippen molar-refractivity contribution in [3.8, 4) is 5.75 Å². The fourth-order valence-corrected chi connectivity index (χ4v) is 3.92. The minimum absolute atomic E-state index is 0.0793. The number of carbonyl (C=O) groups is 3. The van der Waals surface area contributed by atoms with Crippen molar-refractivity contribution < 1.29 is 28.2 Å². The van der Waals surface area contributed by atoms with Gasteiger partial charge in [-0.15, -0.1) is 0 Å². The number of hydrogen-bond donors (Lipinski definition) is 0. The molecule has 1 aromatic heterocycles. The number of aromatic nitrogens is 1. The van der Waals surface area contributed by atoms with E-state index < -0.39 is 17.4 Å². The number of fused-ring (bicyclic) bond motifs is 1. The topological polar surface area (TPSA) is 89.0 Å². The summed E-state index contributed by atoms with van der Waals surface area (Å²) >= 11 is 0. The third-order valence-corrected chi connectivity index (χ3v) is 5.51. The number of methoxy groups -OCH3 is 1. The van der Waals surface area contributed by atoms with Crippen molar-refractivity contribution in [1.82, 2.24) is 9.99 Å². The zero-order valence-corrected chi connectivity index (χ0v) is 16.3. The van der Waals surface area contributed by atoms with Gasteiger partial charge in [0.25, 0.3) is 0 Å². The molecule has 1 fully saturated rings. The predicted octanol–water partition coefficient (Wildman–Crippen LogP) is 2.39. The van der Waals surface area contributed by atoms with Crippen molar-refractivity contribution in [3.05, 3.63) is 53.5 Å². The molecule has 1 saturated heterocycles. The number of amides is 1. The number of rotatable bonds is 4. The first kappa shape index (κ1) is 20.0. The lowest BCUT2D eigenvalue weighted by Crippen LogP contribution is -2.55. The van der Waals surface area contributed by atoms with E-state index in [4.69, 9.17) is 9.47 Å². The Morgan fingerprint density at radius 2 is 2.07 bits per heavy atom. The number of halogens is 1. The first-order chi connectivity index (χ1) is 14.4. The monoisotopic (exact) mass is 413 g/mol. The third-order valence-electron chi connectivity index (χ3n) is 5.51. The number of ether oxygens (including phenoxy) is 2. The van der Waals surface area contributed by atoms with E-state index in [2.05, 4.69) is 4.98 Å². The molecule has 0 atom stereocenters. The molecule has 0 N–H and O–H groups in total. The summed E-state index contributed by atoms with van der Waals surface area (Å²) < 4.78 is 24.4. The summed E-state index contributed by atoms with van der Waals surface area (Å²) in [5, 5.41) is 3.11. The van der Waals surface area contributed by atoms with E-state index in [-0.39, 0.29) is 29.3 Å². The highest BCUT2D eigenvalue weighted by Gasteiger charge is 2.44. The van der Waals surface area contributed by atoms with Gasteiger partial charge in [0.15, 0.2) is 11.6 Å². The van der Waals surface area contributed by atoms with Gasteiger partial charge in [-0.2, -0.15) is 0 Å². The Bertz CT molecular complexity index is 1000. The molecule has 1 aromatic carbocycles. The number of esters is 1. The minimum Gasteiger partial charge on any atom is -0.486 e. The van der Waals surface area contributed by atoms with E-state index in [1.807, 2.05) is 0 Å². The van der Waals surface area contributed by atoms with Gasteiger partial charge in [-0.25, -0.2) is 24.2 Å². The van der Waals surface area contributed by atoms with Gasteiger partial charge in [0, 0.05) is 38.2 Å². The molecule has 0 aliphatic carbocycles. The van der Waals surface area contributed by atoms with Crippen molar-refractivity contribution in [3.63, 3.8) is 0 Å². The molecule has 1 amide bonds. The minimum atomic E-state index is -0.732. The average molecular weight is 413 g/mol. The summed E-state index contributed by atoms with van der Waals surface area (Å²) in [7, 11) is 1.28. The largest absolute Gasteiger partial charge is 0.486 e. The second kappa shape index (κ2) is 7.83. The van der Waals surface area contributed by atoms with Gasteiger partial charge in [-0.1, -0.05) is 0 Å². The maximum atomic E-state index is 13.6. The van der Waals surface area contributed by atoms with E-state index in [9.17, 15) is 18.8 Å². The van der Waals surface area contributed by atoms with Crippen LogP contribution in [0.2, 0.25) is 0 Å². The van der Waals surface area contributed by atoms with Crippen molar-refractivity contribution in [2.45, 2.75) is 24.9 Å². The van der Waals surface area contributed by atoms with Gasteiger partial charge in [0.2, 0.25) is 6.41 Å². The highest BCUT2D eigenvalue weighted by molar-refractivity contribution is 6.00. The number of anilines is 1. The third kappa shape index (κ3) is 3.63. The smallest absolute Gasteiger partial charge is 0.338 e. The lowest BCUT2D eigenvalue weighted by Gasteiger charge is -2.45. The Kier molecular flexibility index (Phi) is 5.21. The number of carbonyl (C=O) groups excluding carboxylic acids is 3. The van der Waals surface area contributed by atoms with Gasteiger partial charge in [-0.05, 0) is 24.3 Å². The van der Waals surface area contributed by atoms with Gasteiger partial charge < -0.3 is 9.47 Å². The Morgan fingerprint density at radius 1 is 1.30 bits per heavy atom. The summed E-state index contributed by atoms with van der Waals surface area (Å²) in [6, 6.07) is 6.91. The fraction of sp³-hybridized carbons (Fsp3) is 0.333. The Hall–Kier alpha value is -3.33. The lowest BCUT2D eigenvalue weighted by atomic mass is 9.83. The van der Waals surface area contributed by atoms with Crippen LogP contribution >= 0.6 is 0 Å². The molecule has 4 rings (SSSR count). The molecule has 0 radical (unpaired) electrons. The van der Waals surface area contributed by atoms with E-state index >= 15 is 0 Å². The second-order valence-corrected chi connectivity index (χ2v) is 7.32. The van der Waals surface area contributed by atoms with Crippen LogP contribution in [0, 0.1) is 5.82 Å². The Morgan fingerprint density at radius 3 is 2.77 bits per heavy atom. The van der Waals surface area contributed by atoms with Crippen molar-refractivity contribution in [1.29, 1.82) is 0 Å². The standard InChI is InChI=1S/C21H20FN3O5/c1-29-20(28)14-4-7-23-19(10-14)25(13-26)24-8-5-21(6-9-24)12-17(27)16-3-2-15(22)11-18(16)30-21/h2-4,7,10-11,13H,5-6,8-9,12H2,1H3. The Labute approximate surface area is 172 Å². The number of hydrogen-bond acceptors (Lipinski definition) is 7. The molecule has 9 heteroatoms. The van der Waals surface area contributed by atoms with Gasteiger partial charge in [0.05, 0.1) is 24.7 Å². The first-order valence-corrected chi connectivity index (χ1v) is 9.50. The molecule has 2 aliphatic heterocycles. The number of piperidine rings is 1. The number of Topliss-reactive ketones (excluding diaryl/α,β-unsaturated/α-hetero) is 1. The van der Waals surface area contributed by atoms with Gasteiger partial charge in [-0.3, -0.25) is 9.59 Å². The summed E-state index contributed by atoms with van der Waals surface area (Å²) in [5.74, 6) is -0.512. The van der Waals surface area contributed by atoms with Crippen LogP contribution < -0.4 is 9.75 Å². The molecule has 0 saturated carbocycles. The van der Waals surface area contributed by atoms with Crippen LogP contribution in [0.1, 0.15) is 40.0 Å². The summed E-state index contributed by atoms with van der Waals surface area (Å²) in [4.78, 5) is 40.3. The SMILES string of the molecule is COC(=O)c1ccnc(N(C=O)N2CCC3(CC2)CC(=O)c2ccc(F)cc2O3)c1. The first-order valence-electron chi connectivity index (χ1n) is 9.50. The van der Waals surface area contributed by atoms with Crippen molar-refractivity contribution >= 4 is 24.0 Å². The number of benzene rings is 1. The second-order valence-electron chi connectivity index (χ2n) is 7.32. The molecule has 1 spiro atoms. The Balaban J connectivity index is 1.51. The van der Waals surface area contributed by atoms with Gasteiger partial charge >= 0.3 is 5.97 Å². The van der Waals surface area contributed by atoms with Crippen LogP contribution in [0.5, 0.6) is 5.75 Å². The summed E-state index contributed by atoms with van der Waals surface area (Å²) in [5.41, 5.74) is -0.0602. The van der Waals surface area contributed by atoms with E-state index in [1.165, 1.54) is 48.6 Å². The van der Waals surface area contributed by atoms with Gasteiger partial charge in [0.1, 0.15) is 17.2 Å². The molecule has 0 unspecified atom stereocenters. The highest BCUT2D eigenvalue weighted by Crippen LogP contribution is 2.40. The van der Waals surface area contributed by atoms with Crippen LogP contribution in [0.25, 0.3) is 0 Å². The molecule has 8 nitrogen and oxygen atoms in total. The molecule has 2 aliphatic rings. The van der Waals surface area contributed by atoms with Crippen LogP contribution in [0.15, 0.2) is 36.5 Å². The maximum absolute atomic E-state index is 13.6. The molecule has 156 valence electrons. The van der Waals surface area contributed by atoms with Crippen molar-refractivity contribution in [2.24, 2.45) is 0 Å². The number of hydrazine groups is 1. The number of nitrogens with zero attached hydrogens (tertiary/aromatic N) is 3. The van der Waals surface area contributed by atoms with Crippen LogP contribution in [0.3, 0.4) is 0 Å². The maximum Gasteiger partial charge on any atom is 0.338 e. The van der Waals surface area contributed by atoms with E-state index in [1.54, 1.807) is 5.01 Å². The van der Waals surface area contributed by atoms with E-state index in [0.717, 1.165) is 0 Å². The normalized spacial score (nSPS) is 17.7. The highest BCUT2D eigenvalue weighted by atomic mass is 19.1. The van der Waals surface area contributed by atoms with E-state index in [0.29, 0.717) is 37.9 Å². The molecule has 30 heavy (non-hydrogen) atoms.